The SMILES string of the molecule is CC(=O)[C@H](Cc1ccccc1)NC(=O)COC(=O)CCC(=O)c1cc(C)ccc1C. The average Bonchev–Trinajstić information content (AvgIpc) is 2.72. The van der Waals surface area contributed by atoms with Crippen LogP contribution in [0.15, 0.2) is 48.5 Å². The number of carbonyl (C=O) groups excluding carboxylic acids is 4. The second-order valence-corrected chi connectivity index (χ2v) is 7.32. The number of amides is 1. The molecule has 1 amide bonds. The van der Waals surface area contributed by atoms with Gasteiger partial charge in [-0.1, -0.05) is 48.0 Å². The highest BCUT2D eigenvalue weighted by Crippen LogP contribution is 2.14. The summed E-state index contributed by atoms with van der Waals surface area (Å²) in [4.78, 5) is 48.2. The Kier molecular flexibility index (Phi) is 8.47. The van der Waals surface area contributed by atoms with E-state index < -0.39 is 24.5 Å². The number of nitrogens with one attached hydrogen (secondary N) is 1. The van der Waals surface area contributed by atoms with Crippen molar-refractivity contribution in [2.45, 2.75) is 46.1 Å². The molecule has 0 unspecified atom stereocenters. The molecule has 0 aliphatic carbocycles. The molecule has 0 bridgehead atoms. The van der Waals surface area contributed by atoms with Crippen molar-refractivity contribution in [3.05, 3.63) is 70.8 Å². The van der Waals surface area contributed by atoms with Gasteiger partial charge in [-0.15, -0.1) is 0 Å². The van der Waals surface area contributed by atoms with Gasteiger partial charge in [-0.05, 0) is 44.4 Å². The van der Waals surface area contributed by atoms with Crippen LogP contribution in [0.5, 0.6) is 0 Å². The molecule has 2 rings (SSSR count). The molecule has 0 fully saturated rings. The maximum absolute atomic E-state index is 12.3. The summed E-state index contributed by atoms with van der Waals surface area (Å²) in [6.45, 7) is 4.65. The van der Waals surface area contributed by atoms with Gasteiger partial charge in [-0.2, -0.15) is 0 Å². The lowest BCUT2D eigenvalue weighted by Crippen LogP contribution is -2.43. The molecule has 0 aliphatic rings. The van der Waals surface area contributed by atoms with Gasteiger partial charge in [0.1, 0.15) is 0 Å². The molecule has 1 N–H and O–H groups in total. The molecule has 30 heavy (non-hydrogen) atoms. The van der Waals surface area contributed by atoms with Gasteiger partial charge in [0.15, 0.2) is 18.2 Å². The normalized spacial score (nSPS) is 11.4. The third-order valence-electron chi connectivity index (χ3n) is 4.72. The molecule has 2 aromatic carbocycles. The number of Topliss-reactive ketones (excluding diaryl/α,β-unsaturated/α-hetero) is 2. The van der Waals surface area contributed by atoms with Crippen molar-refractivity contribution in [3.8, 4) is 0 Å². The Bertz CT molecular complexity index is 920. The molecule has 1 atom stereocenters. The first-order valence-electron chi connectivity index (χ1n) is 9.86. The van der Waals surface area contributed by atoms with Crippen LogP contribution in [0.4, 0.5) is 0 Å². The predicted molar refractivity (Wildman–Crippen MR) is 113 cm³/mol. The first-order chi connectivity index (χ1) is 14.3. The zero-order valence-corrected chi connectivity index (χ0v) is 17.6. The van der Waals surface area contributed by atoms with Gasteiger partial charge in [0.05, 0.1) is 12.5 Å². The summed E-state index contributed by atoms with van der Waals surface area (Å²) in [5, 5.41) is 2.59. The van der Waals surface area contributed by atoms with E-state index in [1.54, 1.807) is 6.07 Å². The van der Waals surface area contributed by atoms with E-state index >= 15 is 0 Å². The fourth-order valence-corrected chi connectivity index (χ4v) is 2.99. The monoisotopic (exact) mass is 409 g/mol. The summed E-state index contributed by atoms with van der Waals surface area (Å²) < 4.78 is 4.96. The van der Waals surface area contributed by atoms with Gasteiger partial charge < -0.3 is 10.1 Å². The molecule has 0 heterocycles. The van der Waals surface area contributed by atoms with Gasteiger partial charge in [0.25, 0.3) is 5.91 Å². The van der Waals surface area contributed by atoms with Gasteiger partial charge in [0.2, 0.25) is 0 Å². The Labute approximate surface area is 176 Å². The molecule has 0 radical (unpaired) electrons. The molecular formula is C24H27NO5. The number of ketones is 2. The molecule has 6 nitrogen and oxygen atoms in total. The fourth-order valence-electron chi connectivity index (χ4n) is 2.99. The van der Waals surface area contributed by atoms with Crippen LogP contribution in [-0.4, -0.2) is 36.1 Å². The molecule has 0 spiro atoms. The standard InChI is InChI=1S/C24H27NO5/c1-16-9-10-17(2)20(13-16)22(27)11-12-24(29)30-15-23(28)25-21(18(3)26)14-19-7-5-4-6-8-19/h4-10,13,21H,11-12,14-15H2,1-3H3,(H,25,28)/t21-/m0/s1. The Morgan fingerprint density at radius 3 is 2.33 bits per heavy atom. The molecule has 2 aromatic rings. The number of carbonyl (C=O) groups is 4. The Hall–Kier alpha value is -3.28. The Morgan fingerprint density at radius 2 is 1.67 bits per heavy atom. The lowest BCUT2D eigenvalue weighted by atomic mass is 9.99. The van der Waals surface area contributed by atoms with Crippen LogP contribution in [0.3, 0.4) is 0 Å². The number of hydrogen-bond acceptors (Lipinski definition) is 5. The number of esters is 1. The summed E-state index contributed by atoms with van der Waals surface area (Å²) >= 11 is 0. The third kappa shape index (κ3) is 7.28. The van der Waals surface area contributed by atoms with Crippen molar-refractivity contribution in [1.29, 1.82) is 0 Å². The first kappa shape index (κ1) is 23.0. The van der Waals surface area contributed by atoms with E-state index in [1.807, 2.05) is 56.3 Å². The fraction of sp³-hybridized carbons (Fsp3) is 0.333. The zero-order valence-electron chi connectivity index (χ0n) is 17.6. The smallest absolute Gasteiger partial charge is 0.306 e. The van der Waals surface area contributed by atoms with Gasteiger partial charge >= 0.3 is 5.97 Å². The van der Waals surface area contributed by atoms with Crippen LogP contribution in [0, 0.1) is 13.8 Å². The Balaban J connectivity index is 1.79. The van der Waals surface area contributed by atoms with Crippen molar-refractivity contribution < 1.29 is 23.9 Å². The average molecular weight is 409 g/mol. The van der Waals surface area contributed by atoms with Crippen molar-refractivity contribution in [2.24, 2.45) is 0 Å². The maximum atomic E-state index is 12.3. The zero-order chi connectivity index (χ0) is 22.1. The second kappa shape index (κ2) is 11.0. The maximum Gasteiger partial charge on any atom is 0.306 e. The van der Waals surface area contributed by atoms with E-state index in [9.17, 15) is 19.2 Å². The lowest BCUT2D eigenvalue weighted by molar-refractivity contribution is -0.148. The van der Waals surface area contributed by atoms with E-state index in [-0.39, 0.29) is 24.4 Å². The van der Waals surface area contributed by atoms with Crippen LogP contribution in [0.2, 0.25) is 0 Å². The minimum Gasteiger partial charge on any atom is -0.456 e. The van der Waals surface area contributed by atoms with Crippen LogP contribution < -0.4 is 5.32 Å². The highest BCUT2D eigenvalue weighted by atomic mass is 16.5. The first-order valence-corrected chi connectivity index (χ1v) is 9.86. The molecular weight excluding hydrogens is 382 g/mol. The third-order valence-corrected chi connectivity index (χ3v) is 4.72. The Morgan fingerprint density at radius 1 is 0.967 bits per heavy atom. The van der Waals surface area contributed by atoms with Crippen LogP contribution in [0.1, 0.15) is 46.8 Å². The number of aryl methyl sites for hydroxylation is 2. The lowest BCUT2D eigenvalue weighted by Gasteiger charge is -2.16. The largest absolute Gasteiger partial charge is 0.456 e. The van der Waals surface area contributed by atoms with Crippen molar-refractivity contribution >= 4 is 23.4 Å². The minimum absolute atomic E-state index is 0.00875. The van der Waals surface area contributed by atoms with Crippen molar-refractivity contribution in [1.82, 2.24) is 5.32 Å². The van der Waals surface area contributed by atoms with E-state index in [1.165, 1.54) is 6.92 Å². The van der Waals surface area contributed by atoms with Crippen molar-refractivity contribution in [3.63, 3.8) is 0 Å². The summed E-state index contributed by atoms with van der Waals surface area (Å²) in [6, 6.07) is 14.2. The summed E-state index contributed by atoms with van der Waals surface area (Å²) in [5.41, 5.74) is 3.33. The molecule has 6 heteroatoms. The van der Waals surface area contributed by atoms with E-state index in [2.05, 4.69) is 5.32 Å². The molecule has 0 saturated carbocycles. The number of hydrogen-bond donors (Lipinski definition) is 1. The number of benzene rings is 2. The minimum atomic E-state index is -0.690. The van der Waals surface area contributed by atoms with Crippen molar-refractivity contribution in [2.75, 3.05) is 6.61 Å². The highest BCUT2D eigenvalue weighted by Gasteiger charge is 2.19. The number of ether oxygens (including phenoxy) is 1. The van der Waals surface area contributed by atoms with Crippen LogP contribution >= 0.6 is 0 Å². The molecule has 0 aliphatic heterocycles. The van der Waals surface area contributed by atoms with Gasteiger partial charge in [0, 0.05) is 12.0 Å². The van der Waals surface area contributed by atoms with Crippen LogP contribution in [-0.2, 0) is 25.5 Å². The molecule has 0 aromatic heterocycles. The highest BCUT2D eigenvalue weighted by molar-refractivity contribution is 5.99. The summed E-state index contributed by atoms with van der Waals surface area (Å²) in [6.07, 6.45) is 0.259. The second-order valence-electron chi connectivity index (χ2n) is 7.32. The van der Waals surface area contributed by atoms with E-state index in [4.69, 9.17) is 4.74 Å². The van der Waals surface area contributed by atoms with E-state index in [0.717, 1.165) is 16.7 Å². The summed E-state index contributed by atoms with van der Waals surface area (Å²) in [7, 11) is 0. The predicted octanol–water partition coefficient (Wildman–Crippen LogP) is 3.13. The van der Waals surface area contributed by atoms with Crippen LogP contribution in [0.25, 0.3) is 0 Å². The molecule has 158 valence electrons. The topological polar surface area (TPSA) is 89.5 Å². The summed E-state index contributed by atoms with van der Waals surface area (Å²) in [5.74, 6) is -1.51. The van der Waals surface area contributed by atoms with Gasteiger partial charge in [-0.3, -0.25) is 19.2 Å². The number of rotatable bonds is 10. The van der Waals surface area contributed by atoms with E-state index in [0.29, 0.717) is 12.0 Å². The molecule has 0 saturated heterocycles. The quantitative estimate of drug-likeness (QED) is 0.481. The van der Waals surface area contributed by atoms with Gasteiger partial charge in [-0.25, -0.2) is 0 Å².